The number of rotatable bonds is 2. The average molecular weight is 256 g/mol. The van der Waals surface area contributed by atoms with Crippen molar-refractivity contribution in [3.05, 3.63) is 28.8 Å². The van der Waals surface area contributed by atoms with Gasteiger partial charge in [0.2, 0.25) is 0 Å². The second kappa shape index (κ2) is 4.52. The zero-order valence-corrected chi connectivity index (χ0v) is 9.85. The van der Waals surface area contributed by atoms with Crippen LogP contribution in [0.2, 0.25) is 5.02 Å². The second-order valence-corrected chi connectivity index (χ2v) is 4.52. The summed E-state index contributed by atoms with van der Waals surface area (Å²) in [6, 6.07) is 5.12. The van der Waals surface area contributed by atoms with Crippen LogP contribution in [0.25, 0.3) is 0 Å². The molecule has 0 radical (unpaired) electrons. The summed E-state index contributed by atoms with van der Waals surface area (Å²) in [4.78, 5) is 1.84. The Kier molecular flexibility index (Phi) is 3.24. The zero-order valence-electron chi connectivity index (χ0n) is 9.10. The Labute approximate surface area is 104 Å². The van der Waals surface area contributed by atoms with E-state index in [1.165, 1.54) is 0 Å². The van der Waals surface area contributed by atoms with Gasteiger partial charge in [-0.1, -0.05) is 11.6 Å². The van der Waals surface area contributed by atoms with Crippen LogP contribution in [0, 0.1) is 5.41 Å². The molecule has 1 aromatic carbocycles. The highest BCUT2D eigenvalue weighted by Gasteiger charge is 2.29. The average Bonchev–Trinajstić information content (AvgIpc) is 2.58. The van der Waals surface area contributed by atoms with E-state index in [1.807, 2.05) is 4.90 Å². The molecule has 0 saturated carbocycles. The van der Waals surface area contributed by atoms with Gasteiger partial charge in [0.05, 0.1) is 17.2 Å². The predicted molar refractivity (Wildman–Crippen MR) is 66.7 cm³/mol. The molecule has 0 amide bonds. The maximum atomic E-state index is 9.46. The Morgan fingerprint density at radius 3 is 2.41 bits per heavy atom. The third-order valence-electron chi connectivity index (χ3n) is 2.87. The molecule has 17 heavy (non-hydrogen) atoms. The highest BCUT2D eigenvalue weighted by molar-refractivity contribution is 6.34. The summed E-state index contributed by atoms with van der Waals surface area (Å²) in [6.07, 6.45) is -1.47. The molecule has 2 atom stereocenters. The quantitative estimate of drug-likeness (QED) is 0.448. The number of amidine groups is 1. The Balaban J connectivity index is 2.24. The topological polar surface area (TPSA) is 93.6 Å². The van der Waals surface area contributed by atoms with E-state index in [1.54, 1.807) is 18.2 Å². The largest absolute Gasteiger partial charge is 0.389 e. The first-order valence-electron chi connectivity index (χ1n) is 5.24. The standard InChI is InChI=1S/C11H14ClN3O2/c12-8-3-6(1-2-7(8)11(13)14)15-4-9(16)10(17)5-15/h1-3,9-10,16-17H,4-5H2,(H3,13,14). The molecule has 92 valence electrons. The van der Waals surface area contributed by atoms with Crippen molar-refractivity contribution in [2.75, 3.05) is 18.0 Å². The van der Waals surface area contributed by atoms with E-state index in [0.29, 0.717) is 23.7 Å². The minimum atomic E-state index is -0.735. The molecule has 0 spiro atoms. The molecule has 1 heterocycles. The van der Waals surface area contributed by atoms with Crippen LogP contribution >= 0.6 is 11.6 Å². The molecular formula is C11H14ClN3O2. The molecule has 1 aliphatic rings. The summed E-state index contributed by atoms with van der Waals surface area (Å²) >= 11 is 6.00. The van der Waals surface area contributed by atoms with Crippen LogP contribution in [0.15, 0.2) is 18.2 Å². The third-order valence-corrected chi connectivity index (χ3v) is 3.18. The highest BCUT2D eigenvalue weighted by Crippen LogP contribution is 2.26. The van der Waals surface area contributed by atoms with Crippen LogP contribution in [0.4, 0.5) is 5.69 Å². The van der Waals surface area contributed by atoms with Gasteiger partial charge in [-0.25, -0.2) is 0 Å². The monoisotopic (exact) mass is 255 g/mol. The number of aliphatic hydroxyl groups excluding tert-OH is 2. The Morgan fingerprint density at radius 1 is 1.35 bits per heavy atom. The van der Waals surface area contributed by atoms with Gasteiger partial charge in [0.1, 0.15) is 5.84 Å². The Hall–Kier alpha value is -1.30. The number of hydrogen-bond acceptors (Lipinski definition) is 4. The zero-order chi connectivity index (χ0) is 12.6. The molecule has 6 heteroatoms. The predicted octanol–water partition coefficient (Wildman–Crippen LogP) is 0.166. The summed E-state index contributed by atoms with van der Waals surface area (Å²) in [5, 5.41) is 26.6. The van der Waals surface area contributed by atoms with Crippen LogP contribution in [-0.4, -0.2) is 41.3 Å². The maximum absolute atomic E-state index is 9.46. The van der Waals surface area contributed by atoms with E-state index >= 15 is 0 Å². The molecule has 1 fully saturated rings. The van der Waals surface area contributed by atoms with Crippen molar-refractivity contribution in [3.8, 4) is 0 Å². The fourth-order valence-corrected chi connectivity index (χ4v) is 2.18. The number of nitrogens with two attached hydrogens (primary N) is 1. The van der Waals surface area contributed by atoms with Gasteiger partial charge in [-0.3, -0.25) is 5.41 Å². The lowest BCUT2D eigenvalue weighted by Crippen LogP contribution is -2.22. The molecule has 0 aromatic heterocycles. The molecule has 5 N–H and O–H groups in total. The van der Waals surface area contributed by atoms with Gasteiger partial charge in [-0.2, -0.15) is 0 Å². The van der Waals surface area contributed by atoms with E-state index in [4.69, 9.17) is 22.7 Å². The molecule has 5 nitrogen and oxygen atoms in total. The van der Waals surface area contributed by atoms with Crippen molar-refractivity contribution < 1.29 is 10.2 Å². The third kappa shape index (κ3) is 2.36. The van der Waals surface area contributed by atoms with Crippen molar-refractivity contribution in [1.29, 1.82) is 5.41 Å². The molecule has 1 aliphatic heterocycles. The first-order valence-corrected chi connectivity index (χ1v) is 5.62. The first kappa shape index (κ1) is 12.2. The molecular weight excluding hydrogens is 242 g/mol. The summed E-state index contributed by atoms with van der Waals surface area (Å²) in [6.45, 7) is 0.744. The van der Waals surface area contributed by atoms with Gasteiger partial charge >= 0.3 is 0 Å². The van der Waals surface area contributed by atoms with Crippen LogP contribution in [0.1, 0.15) is 5.56 Å². The summed E-state index contributed by atoms with van der Waals surface area (Å²) in [5.74, 6) is -0.0805. The highest BCUT2D eigenvalue weighted by atomic mass is 35.5. The summed E-state index contributed by atoms with van der Waals surface area (Å²) < 4.78 is 0. The van der Waals surface area contributed by atoms with Gasteiger partial charge < -0.3 is 20.8 Å². The number of anilines is 1. The minimum Gasteiger partial charge on any atom is -0.389 e. The summed E-state index contributed by atoms with van der Waals surface area (Å²) in [7, 11) is 0. The molecule has 1 aromatic rings. The van der Waals surface area contributed by atoms with Gasteiger partial charge in [0, 0.05) is 24.3 Å². The van der Waals surface area contributed by atoms with E-state index in [0.717, 1.165) is 5.69 Å². The lowest BCUT2D eigenvalue weighted by molar-refractivity contribution is 0.0572. The van der Waals surface area contributed by atoms with Gasteiger partial charge in [-0.15, -0.1) is 0 Å². The van der Waals surface area contributed by atoms with Crippen LogP contribution in [0.3, 0.4) is 0 Å². The van der Waals surface area contributed by atoms with Gasteiger partial charge in [0.15, 0.2) is 0 Å². The fraction of sp³-hybridized carbons (Fsp3) is 0.364. The van der Waals surface area contributed by atoms with Crippen molar-refractivity contribution in [2.45, 2.75) is 12.2 Å². The number of nitrogens with zero attached hydrogens (tertiary/aromatic N) is 1. The lowest BCUT2D eigenvalue weighted by Gasteiger charge is -2.18. The Morgan fingerprint density at radius 2 is 1.94 bits per heavy atom. The van der Waals surface area contributed by atoms with Gasteiger partial charge in [0.25, 0.3) is 0 Å². The number of β-amino-alcohol motifs (C(OH)–C–C–N with tert-alkyl or cyclic N) is 2. The van der Waals surface area contributed by atoms with Crippen molar-refractivity contribution in [1.82, 2.24) is 0 Å². The summed E-state index contributed by atoms with van der Waals surface area (Å²) in [5.41, 5.74) is 6.65. The normalized spacial score (nSPS) is 24.1. The SMILES string of the molecule is N=C(N)c1ccc(N2CC(O)C(O)C2)cc1Cl. The number of nitrogen functional groups attached to an aromatic ring is 1. The second-order valence-electron chi connectivity index (χ2n) is 4.12. The number of halogens is 1. The van der Waals surface area contributed by atoms with E-state index in [2.05, 4.69) is 0 Å². The van der Waals surface area contributed by atoms with Crippen LogP contribution in [-0.2, 0) is 0 Å². The molecule has 2 unspecified atom stereocenters. The first-order chi connectivity index (χ1) is 7.99. The molecule has 0 aliphatic carbocycles. The minimum absolute atomic E-state index is 0.0805. The van der Waals surface area contributed by atoms with E-state index in [-0.39, 0.29) is 5.84 Å². The maximum Gasteiger partial charge on any atom is 0.124 e. The smallest absolute Gasteiger partial charge is 0.124 e. The number of aliphatic hydroxyl groups is 2. The van der Waals surface area contributed by atoms with Crippen molar-refractivity contribution in [3.63, 3.8) is 0 Å². The fourth-order valence-electron chi connectivity index (χ4n) is 1.90. The van der Waals surface area contributed by atoms with Crippen molar-refractivity contribution in [2.24, 2.45) is 5.73 Å². The Bertz CT molecular complexity index is 442. The molecule has 1 saturated heterocycles. The lowest BCUT2D eigenvalue weighted by atomic mass is 10.2. The number of hydrogen-bond donors (Lipinski definition) is 4. The number of nitrogens with one attached hydrogen (secondary N) is 1. The van der Waals surface area contributed by atoms with E-state index < -0.39 is 12.2 Å². The van der Waals surface area contributed by atoms with Crippen LogP contribution < -0.4 is 10.6 Å². The van der Waals surface area contributed by atoms with Crippen LogP contribution in [0.5, 0.6) is 0 Å². The van der Waals surface area contributed by atoms with Crippen molar-refractivity contribution >= 4 is 23.1 Å². The molecule has 2 rings (SSSR count). The number of benzene rings is 1. The molecule has 0 bridgehead atoms. The van der Waals surface area contributed by atoms with Gasteiger partial charge in [-0.05, 0) is 18.2 Å². The van der Waals surface area contributed by atoms with E-state index in [9.17, 15) is 10.2 Å².